The number of nitrogens with one attached hydrogen (secondary N) is 1. The highest BCUT2D eigenvalue weighted by molar-refractivity contribution is 7.92. The molecular weight excluding hydrogens is 396 g/mol. The van der Waals surface area contributed by atoms with Crippen molar-refractivity contribution in [1.29, 1.82) is 0 Å². The van der Waals surface area contributed by atoms with Gasteiger partial charge in [-0.2, -0.15) is 0 Å². The fourth-order valence-corrected chi connectivity index (χ4v) is 4.70. The van der Waals surface area contributed by atoms with Gasteiger partial charge in [0.15, 0.2) is 0 Å². The Kier molecular flexibility index (Phi) is 6.57. The molecule has 0 unspecified atom stereocenters. The van der Waals surface area contributed by atoms with Crippen molar-refractivity contribution in [3.63, 3.8) is 0 Å². The van der Waals surface area contributed by atoms with Crippen molar-refractivity contribution in [3.8, 4) is 0 Å². The van der Waals surface area contributed by atoms with Crippen molar-refractivity contribution < 1.29 is 13.2 Å². The van der Waals surface area contributed by atoms with Crippen molar-refractivity contribution in [3.05, 3.63) is 95.6 Å². The number of carbonyl (C=O) groups is 1. The van der Waals surface area contributed by atoms with Gasteiger partial charge in [0, 0.05) is 12.1 Å². The van der Waals surface area contributed by atoms with E-state index in [0.29, 0.717) is 11.3 Å². The van der Waals surface area contributed by atoms with E-state index < -0.39 is 10.0 Å². The molecule has 0 saturated heterocycles. The monoisotopic (exact) mass is 422 g/mol. The zero-order valence-corrected chi connectivity index (χ0v) is 18.2. The highest BCUT2D eigenvalue weighted by atomic mass is 32.2. The van der Waals surface area contributed by atoms with E-state index >= 15 is 0 Å². The quantitative estimate of drug-likeness (QED) is 0.600. The Balaban J connectivity index is 1.76. The van der Waals surface area contributed by atoms with Gasteiger partial charge >= 0.3 is 0 Å². The van der Waals surface area contributed by atoms with Crippen LogP contribution >= 0.6 is 0 Å². The van der Waals surface area contributed by atoms with Crippen LogP contribution in [0.3, 0.4) is 0 Å². The molecule has 0 aliphatic heterocycles. The van der Waals surface area contributed by atoms with Gasteiger partial charge < -0.3 is 5.32 Å². The number of rotatable bonds is 7. The van der Waals surface area contributed by atoms with Crippen LogP contribution in [0.2, 0.25) is 0 Å². The molecule has 5 nitrogen and oxygen atoms in total. The molecule has 0 heterocycles. The van der Waals surface area contributed by atoms with E-state index in [9.17, 15) is 13.2 Å². The highest BCUT2D eigenvalue weighted by Crippen LogP contribution is 2.24. The van der Waals surface area contributed by atoms with Crippen LogP contribution < -0.4 is 9.62 Å². The Morgan fingerprint density at radius 1 is 0.933 bits per heavy atom. The van der Waals surface area contributed by atoms with Crippen molar-refractivity contribution in [2.75, 3.05) is 10.8 Å². The average molecular weight is 423 g/mol. The zero-order chi connectivity index (χ0) is 21.7. The maximum absolute atomic E-state index is 13.0. The number of aryl methyl sites for hydroxylation is 1. The first-order chi connectivity index (χ1) is 14.3. The maximum Gasteiger partial charge on any atom is 0.264 e. The third-order valence-electron chi connectivity index (χ3n) is 4.96. The number of carbonyl (C=O) groups excluding carboxylic acids is 1. The molecule has 0 spiro atoms. The molecule has 156 valence electrons. The molecule has 30 heavy (non-hydrogen) atoms. The van der Waals surface area contributed by atoms with Crippen molar-refractivity contribution in [2.45, 2.75) is 31.7 Å². The van der Waals surface area contributed by atoms with E-state index in [4.69, 9.17) is 0 Å². The van der Waals surface area contributed by atoms with E-state index in [2.05, 4.69) is 5.32 Å². The predicted molar refractivity (Wildman–Crippen MR) is 120 cm³/mol. The SMILES string of the molecule is CCN(c1ccc(C(=O)N[C@H](C)c2ccc(C)cc2)cc1)S(=O)(=O)c1ccccc1. The molecule has 3 rings (SSSR count). The summed E-state index contributed by atoms with van der Waals surface area (Å²) in [5, 5.41) is 2.98. The average Bonchev–Trinajstić information content (AvgIpc) is 2.75. The first-order valence-electron chi connectivity index (χ1n) is 9.88. The number of nitrogens with zero attached hydrogens (tertiary/aromatic N) is 1. The van der Waals surface area contributed by atoms with Gasteiger partial charge in [-0.3, -0.25) is 9.10 Å². The molecule has 0 fully saturated rings. The molecule has 0 aliphatic rings. The summed E-state index contributed by atoms with van der Waals surface area (Å²) in [6, 6.07) is 22.8. The van der Waals surface area contributed by atoms with Crippen LogP contribution in [0.5, 0.6) is 0 Å². The fraction of sp³-hybridized carbons (Fsp3) is 0.208. The lowest BCUT2D eigenvalue weighted by Gasteiger charge is -2.23. The molecular formula is C24H26N2O3S. The van der Waals surface area contributed by atoms with Gasteiger partial charge in [0.2, 0.25) is 0 Å². The summed E-state index contributed by atoms with van der Waals surface area (Å²) in [5.41, 5.74) is 3.19. The van der Waals surface area contributed by atoms with Crippen LogP contribution in [0.15, 0.2) is 83.8 Å². The van der Waals surface area contributed by atoms with Crippen molar-refractivity contribution >= 4 is 21.6 Å². The Bertz CT molecular complexity index is 1090. The van der Waals surface area contributed by atoms with Gasteiger partial charge in [-0.15, -0.1) is 0 Å². The number of amides is 1. The number of anilines is 1. The molecule has 1 N–H and O–H groups in total. The topological polar surface area (TPSA) is 66.5 Å². The van der Waals surface area contributed by atoms with Gasteiger partial charge in [-0.1, -0.05) is 48.0 Å². The van der Waals surface area contributed by atoms with Crippen LogP contribution in [0.4, 0.5) is 5.69 Å². The van der Waals surface area contributed by atoms with E-state index in [1.54, 1.807) is 61.5 Å². The third kappa shape index (κ3) is 4.71. The second-order valence-electron chi connectivity index (χ2n) is 7.14. The Morgan fingerprint density at radius 3 is 2.10 bits per heavy atom. The van der Waals surface area contributed by atoms with Crippen LogP contribution in [-0.2, 0) is 10.0 Å². The molecule has 6 heteroatoms. The molecule has 1 atom stereocenters. The van der Waals surface area contributed by atoms with Crippen molar-refractivity contribution in [1.82, 2.24) is 5.32 Å². The molecule has 3 aromatic carbocycles. The molecule has 0 saturated carbocycles. The third-order valence-corrected chi connectivity index (χ3v) is 6.88. The Morgan fingerprint density at radius 2 is 1.53 bits per heavy atom. The first-order valence-corrected chi connectivity index (χ1v) is 11.3. The molecule has 0 aromatic heterocycles. The largest absolute Gasteiger partial charge is 0.346 e. The lowest BCUT2D eigenvalue weighted by molar-refractivity contribution is 0.0940. The maximum atomic E-state index is 13.0. The first kappa shape index (κ1) is 21.6. The van der Waals surface area contributed by atoms with Gasteiger partial charge in [0.25, 0.3) is 15.9 Å². The minimum absolute atomic E-state index is 0.136. The van der Waals surface area contributed by atoms with Gasteiger partial charge in [-0.05, 0) is 62.7 Å². The molecule has 0 aliphatic carbocycles. The minimum Gasteiger partial charge on any atom is -0.346 e. The van der Waals surface area contributed by atoms with Crippen LogP contribution in [0.1, 0.15) is 41.4 Å². The van der Waals surface area contributed by atoms with Gasteiger partial charge in [0.05, 0.1) is 16.6 Å². The number of sulfonamides is 1. The zero-order valence-electron chi connectivity index (χ0n) is 17.4. The summed E-state index contributed by atoms with van der Waals surface area (Å²) in [6.45, 7) is 6.02. The normalized spacial score (nSPS) is 12.2. The second kappa shape index (κ2) is 9.13. The van der Waals surface area contributed by atoms with E-state index in [1.165, 1.54) is 9.87 Å². The summed E-state index contributed by atoms with van der Waals surface area (Å²) in [6.07, 6.45) is 0. The summed E-state index contributed by atoms with van der Waals surface area (Å²) in [7, 11) is -3.66. The minimum atomic E-state index is -3.66. The lowest BCUT2D eigenvalue weighted by atomic mass is 10.1. The van der Waals surface area contributed by atoms with Crippen LogP contribution in [0.25, 0.3) is 0 Å². The van der Waals surface area contributed by atoms with Crippen LogP contribution in [-0.4, -0.2) is 20.9 Å². The summed E-state index contributed by atoms with van der Waals surface area (Å²) >= 11 is 0. The fourth-order valence-electron chi connectivity index (χ4n) is 3.21. The summed E-state index contributed by atoms with van der Waals surface area (Å²) in [5.74, 6) is -0.205. The number of hydrogen-bond donors (Lipinski definition) is 1. The van der Waals surface area contributed by atoms with E-state index in [0.717, 1.165) is 5.56 Å². The molecule has 0 radical (unpaired) electrons. The van der Waals surface area contributed by atoms with Crippen molar-refractivity contribution in [2.24, 2.45) is 0 Å². The van der Waals surface area contributed by atoms with E-state index in [-0.39, 0.29) is 23.4 Å². The Hall–Kier alpha value is -3.12. The standard InChI is InChI=1S/C24H26N2O3S/c1-4-26(30(28,29)23-8-6-5-7-9-23)22-16-14-21(15-17-22)24(27)25-19(3)20-12-10-18(2)11-13-20/h5-17,19H,4H2,1-3H3,(H,25,27)/t19-/m1/s1. The summed E-state index contributed by atoms with van der Waals surface area (Å²) < 4.78 is 27.2. The van der Waals surface area contributed by atoms with Gasteiger partial charge in [0.1, 0.15) is 0 Å². The van der Waals surface area contributed by atoms with E-state index in [1.807, 2.05) is 38.1 Å². The highest BCUT2D eigenvalue weighted by Gasteiger charge is 2.23. The lowest BCUT2D eigenvalue weighted by Crippen LogP contribution is -2.31. The van der Waals surface area contributed by atoms with Gasteiger partial charge in [-0.25, -0.2) is 8.42 Å². The number of benzene rings is 3. The summed E-state index contributed by atoms with van der Waals surface area (Å²) in [4.78, 5) is 12.9. The smallest absolute Gasteiger partial charge is 0.264 e. The number of hydrogen-bond acceptors (Lipinski definition) is 3. The second-order valence-corrected chi connectivity index (χ2v) is 9.00. The predicted octanol–water partition coefficient (Wildman–Crippen LogP) is 4.70. The Labute approximate surface area is 178 Å². The molecule has 1 amide bonds. The molecule has 0 bridgehead atoms. The van der Waals surface area contributed by atoms with Crippen LogP contribution in [0, 0.1) is 6.92 Å². The molecule has 3 aromatic rings.